The van der Waals surface area contributed by atoms with Crippen molar-refractivity contribution in [3.63, 3.8) is 0 Å². The lowest BCUT2D eigenvalue weighted by atomic mass is 9.94. The van der Waals surface area contributed by atoms with Crippen molar-refractivity contribution >= 4 is 24.2 Å². The van der Waals surface area contributed by atoms with Gasteiger partial charge in [-0.15, -0.1) is 12.4 Å². The molecule has 2 aliphatic heterocycles. The first-order chi connectivity index (χ1) is 10.8. The first-order valence-corrected chi connectivity index (χ1v) is 8.12. The largest absolute Gasteiger partial charge is 0.345 e. The molecule has 2 amide bonds. The molecule has 126 valence electrons. The SMILES string of the molecule is Cl.O=C(NCC(=O)N1CCCCC1)C1NCCc2ccccc21. The van der Waals surface area contributed by atoms with Gasteiger partial charge in [0.15, 0.2) is 0 Å². The smallest absolute Gasteiger partial charge is 0.242 e. The van der Waals surface area contributed by atoms with Crippen LogP contribution in [0.3, 0.4) is 0 Å². The van der Waals surface area contributed by atoms with Gasteiger partial charge in [-0.05, 0) is 36.8 Å². The molecule has 3 rings (SSSR count). The number of hydrogen-bond acceptors (Lipinski definition) is 3. The van der Waals surface area contributed by atoms with Crippen molar-refractivity contribution in [2.24, 2.45) is 0 Å². The molecule has 0 aliphatic carbocycles. The average Bonchev–Trinajstić information content (AvgIpc) is 2.59. The number of halogens is 1. The molecule has 0 aromatic heterocycles. The van der Waals surface area contributed by atoms with Crippen molar-refractivity contribution in [2.75, 3.05) is 26.2 Å². The van der Waals surface area contributed by atoms with Gasteiger partial charge in [0.25, 0.3) is 0 Å². The standard InChI is InChI=1S/C17H23N3O2.ClH/c21-15(20-10-4-1-5-11-20)12-19-17(22)16-14-7-3-2-6-13(14)8-9-18-16;/h2-3,6-7,16,18H,1,4-5,8-12H2,(H,19,22);1H. The van der Waals surface area contributed by atoms with Crippen molar-refractivity contribution in [1.29, 1.82) is 0 Å². The zero-order chi connectivity index (χ0) is 15.4. The summed E-state index contributed by atoms with van der Waals surface area (Å²) in [6.07, 6.45) is 4.26. The normalized spacial score (nSPS) is 20.2. The van der Waals surface area contributed by atoms with E-state index in [1.165, 1.54) is 12.0 Å². The fourth-order valence-corrected chi connectivity index (χ4v) is 3.26. The molecule has 6 heteroatoms. The van der Waals surface area contributed by atoms with Gasteiger partial charge in [-0.3, -0.25) is 9.59 Å². The van der Waals surface area contributed by atoms with E-state index in [0.29, 0.717) is 0 Å². The Labute approximate surface area is 143 Å². The van der Waals surface area contributed by atoms with E-state index in [1.807, 2.05) is 23.1 Å². The fourth-order valence-electron chi connectivity index (χ4n) is 3.26. The monoisotopic (exact) mass is 337 g/mol. The van der Waals surface area contributed by atoms with Gasteiger partial charge in [0, 0.05) is 19.6 Å². The molecule has 0 radical (unpaired) electrons. The van der Waals surface area contributed by atoms with Gasteiger partial charge in [0.05, 0.1) is 6.54 Å². The summed E-state index contributed by atoms with van der Waals surface area (Å²) < 4.78 is 0. The van der Waals surface area contributed by atoms with E-state index in [0.717, 1.165) is 44.5 Å². The highest BCUT2D eigenvalue weighted by Crippen LogP contribution is 2.22. The van der Waals surface area contributed by atoms with Crippen molar-refractivity contribution in [3.05, 3.63) is 35.4 Å². The van der Waals surface area contributed by atoms with Gasteiger partial charge < -0.3 is 15.5 Å². The van der Waals surface area contributed by atoms with E-state index in [2.05, 4.69) is 16.7 Å². The molecule has 2 aliphatic rings. The van der Waals surface area contributed by atoms with Gasteiger partial charge in [0.2, 0.25) is 11.8 Å². The van der Waals surface area contributed by atoms with Crippen molar-refractivity contribution < 1.29 is 9.59 Å². The van der Waals surface area contributed by atoms with Crippen LogP contribution in [0, 0.1) is 0 Å². The molecular weight excluding hydrogens is 314 g/mol. The van der Waals surface area contributed by atoms with Crippen LogP contribution in [0.4, 0.5) is 0 Å². The van der Waals surface area contributed by atoms with Crippen LogP contribution in [0.1, 0.15) is 36.4 Å². The van der Waals surface area contributed by atoms with E-state index in [1.54, 1.807) is 0 Å². The van der Waals surface area contributed by atoms with Crippen molar-refractivity contribution in [1.82, 2.24) is 15.5 Å². The summed E-state index contributed by atoms with van der Waals surface area (Å²) in [4.78, 5) is 26.4. The molecule has 1 fully saturated rings. The highest BCUT2D eigenvalue weighted by molar-refractivity contribution is 5.88. The summed E-state index contributed by atoms with van der Waals surface area (Å²) in [6.45, 7) is 2.52. The number of piperidine rings is 1. The minimum atomic E-state index is -0.348. The lowest BCUT2D eigenvalue weighted by Crippen LogP contribution is -2.46. The van der Waals surface area contributed by atoms with Crippen LogP contribution in [-0.4, -0.2) is 42.9 Å². The van der Waals surface area contributed by atoms with E-state index in [-0.39, 0.29) is 36.8 Å². The van der Waals surface area contributed by atoms with Gasteiger partial charge in [0.1, 0.15) is 6.04 Å². The van der Waals surface area contributed by atoms with Crippen LogP contribution < -0.4 is 10.6 Å². The van der Waals surface area contributed by atoms with Crippen LogP contribution in [0.15, 0.2) is 24.3 Å². The second-order valence-corrected chi connectivity index (χ2v) is 6.00. The van der Waals surface area contributed by atoms with Gasteiger partial charge >= 0.3 is 0 Å². The summed E-state index contributed by atoms with van der Waals surface area (Å²) >= 11 is 0. The minimum Gasteiger partial charge on any atom is -0.345 e. The third kappa shape index (κ3) is 4.24. The number of rotatable bonds is 3. The summed E-state index contributed by atoms with van der Waals surface area (Å²) in [7, 11) is 0. The lowest BCUT2D eigenvalue weighted by molar-refractivity contribution is -0.134. The van der Waals surface area contributed by atoms with Crippen LogP contribution in [0.25, 0.3) is 0 Å². The number of benzene rings is 1. The third-order valence-electron chi connectivity index (χ3n) is 4.49. The fraction of sp³-hybridized carbons (Fsp3) is 0.529. The summed E-state index contributed by atoms with van der Waals surface area (Å²) in [5.41, 5.74) is 2.24. The molecule has 1 aromatic carbocycles. The molecule has 2 N–H and O–H groups in total. The molecule has 0 spiro atoms. The van der Waals surface area contributed by atoms with E-state index in [4.69, 9.17) is 0 Å². The molecule has 1 atom stereocenters. The van der Waals surface area contributed by atoms with Crippen LogP contribution in [0.2, 0.25) is 0 Å². The number of nitrogens with zero attached hydrogens (tertiary/aromatic N) is 1. The molecule has 5 nitrogen and oxygen atoms in total. The maximum Gasteiger partial charge on any atom is 0.242 e. The predicted molar refractivity (Wildman–Crippen MR) is 91.6 cm³/mol. The van der Waals surface area contributed by atoms with Crippen molar-refractivity contribution in [3.8, 4) is 0 Å². The zero-order valence-electron chi connectivity index (χ0n) is 13.2. The van der Waals surface area contributed by atoms with Gasteiger partial charge in [-0.2, -0.15) is 0 Å². The Morgan fingerprint density at radius 3 is 2.70 bits per heavy atom. The highest BCUT2D eigenvalue weighted by Gasteiger charge is 2.26. The first-order valence-electron chi connectivity index (χ1n) is 8.12. The Bertz CT molecular complexity index is 559. The Kier molecular flexibility index (Phi) is 6.42. The maximum absolute atomic E-state index is 12.4. The molecule has 2 heterocycles. The number of likely N-dealkylation sites (tertiary alicyclic amines) is 1. The van der Waals surface area contributed by atoms with Crippen LogP contribution >= 0.6 is 12.4 Å². The highest BCUT2D eigenvalue weighted by atomic mass is 35.5. The Hall–Kier alpha value is -1.59. The first kappa shape index (κ1) is 17.8. The Morgan fingerprint density at radius 1 is 1.17 bits per heavy atom. The summed E-state index contributed by atoms with van der Waals surface area (Å²) in [5, 5.41) is 6.04. The predicted octanol–water partition coefficient (Wildman–Crippen LogP) is 1.42. The number of hydrogen-bond donors (Lipinski definition) is 2. The molecule has 23 heavy (non-hydrogen) atoms. The molecule has 1 saturated heterocycles. The van der Waals surface area contributed by atoms with Crippen LogP contribution in [-0.2, 0) is 16.0 Å². The Balaban J connectivity index is 0.00000192. The number of carbonyl (C=O) groups is 2. The van der Waals surface area contributed by atoms with E-state index < -0.39 is 0 Å². The molecule has 1 unspecified atom stereocenters. The zero-order valence-corrected chi connectivity index (χ0v) is 14.0. The quantitative estimate of drug-likeness (QED) is 0.877. The number of fused-ring (bicyclic) bond motifs is 1. The second kappa shape index (κ2) is 8.31. The van der Waals surface area contributed by atoms with Crippen LogP contribution in [0.5, 0.6) is 0 Å². The van der Waals surface area contributed by atoms with Gasteiger partial charge in [-0.1, -0.05) is 24.3 Å². The summed E-state index contributed by atoms with van der Waals surface area (Å²) in [6, 6.07) is 7.65. The van der Waals surface area contributed by atoms with Crippen molar-refractivity contribution in [2.45, 2.75) is 31.7 Å². The lowest BCUT2D eigenvalue weighted by Gasteiger charge is -2.28. The van der Waals surface area contributed by atoms with E-state index >= 15 is 0 Å². The van der Waals surface area contributed by atoms with Gasteiger partial charge in [-0.25, -0.2) is 0 Å². The average molecular weight is 338 g/mol. The number of carbonyl (C=O) groups excluding carboxylic acids is 2. The molecule has 0 saturated carbocycles. The molecule has 0 bridgehead atoms. The molecule has 1 aromatic rings. The summed E-state index contributed by atoms with van der Waals surface area (Å²) in [5.74, 6) is -0.0883. The number of nitrogens with one attached hydrogen (secondary N) is 2. The van der Waals surface area contributed by atoms with E-state index in [9.17, 15) is 9.59 Å². The number of amides is 2. The topological polar surface area (TPSA) is 61.4 Å². The Morgan fingerprint density at radius 2 is 1.91 bits per heavy atom. The minimum absolute atomic E-state index is 0. The third-order valence-corrected chi connectivity index (χ3v) is 4.49. The molecular formula is C17H24ClN3O2. The maximum atomic E-state index is 12.4. The second-order valence-electron chi connectivity index (χ2n) is 6.00.